The third kappa shape index (κ3) is 3.42. The van der Waals surface area contributed by atoms with Gasteiger partial charge in [-0.25, -0.2) is 0 Å². The van der Waals surface area contributed by atoms with Crippen LogP contribution in [0.1, 0.15) is 17.9 Å². The van der Waals surface area contributed by atoms with E-state index < -0.39 is 0 Å². The van der Waals surface area contributed by atoms with Crippen molar-refractivity contribution < 1.29 is 0 Å². The molecule has 0 aliphatic carbocycles. The summed E-state index contributed by atoms with van der Waals surface area (Å²) in [5.74, 6) is 0.476. The Morgan fingerprint density at radius 1 is 1.35 bits per heavy atom. The molecule has 0 bridgehead atoms. The van der Waals surface area contributed by atoms with Gasteiger partial charge in [-0.1, -0.05) is 23.7 Å². The van der Waals surface area contributed by atoms with Gasteiger partial charge in [-0.05, 0) is 30.0 Å². The number of nitrogens with two attached hydrogens (primary N) is 2. The lowest BCUT2D eigenvalue weighted by Gasteiger charge is -2.36. The van der Waals surface area contributed by atoms with E-state index in [0.717, 1.165) is 31.1 Å². The Hall–Kier alpha value is -0.610. The van der Waals surface area contributed by atoms with E-state index in [1.807, 2.05) is 18.2 Å². The van der Waals surface area contributed by atoms with Gasteiger partial charge >= 0.3 is 0 Å². The first-order valence-electron chi connectivity index (χ1n) is 6.12. The van der Waals surface area contributed by atoms with Gasteiger partial charge in [-0.3, -0.25) is 4.90 Å². The van der Waals surface area contributed by atoms with Crippen LogP contribution in [0.3, 0.4) is 0 Å². The minimum Gasteiger partial charge on any atom is -0.329 e. The van der Waals surface area contributed by atoms with Crippen LogP contribution in [0.25, 0.3) is 0 Å². The molecule has 0 aromatic heterocycles. The van der Waals surface area contributed by atoms with Crippen molar-refractivity contribution in [3.8, 4) is 0 Å². The van der Waals surface area contributed by atoms with Crippen LogP contribution in [0.4, 0.5) is 0 Å². The number of hydrogen-bond acceptors (Lipinski definition) is 3. The van der Waals surface area contributed by atoms with Crippen LogP contribution in [0.5, 0.6) is 0 Å². The summed E-state index contributed by atoms with van der Waals surface area (Å²) in [6.07, 6.45) is 1.03. The van der Waals surface area contributed by atoms with Crippen LogP contribution >= 0.6 is 11.6 Å². The molecule has 1 aliphatic rings. The first-order chi connectivity index (χ1) is 8.19. The Labute approximate surface area is 108 Å². The Morgan fingerprint density at radius 2 is 2.18 bits per heavy atom. The molecule has 4 N–H and O–H groups in total. The topological polar surface area (TPSA) is 55.3 Å². The molecule has 0 spiro atoms. The molecule has 17 heavy (non-hydrogen) atoms. The summed E-state index contributed by atoms with van der Waals surface area (Å²) in [5.41, 5.74) is 13.0. The van der Waals surface area contributed by atoms with Gasteiger partial charge in [0.2, 0.25) is 0 Å². The summed E-state index contributed by atoms with van der Waals surface area (Å²) in [5, 5.41) is 0.798. The van der Waals surface area contributed by atoms with Crippen LogP contribution < -0.4 is 11.5 Å². The Kier molecular flexibility index (Phi) is 4.40. The monoisotopic (exact) mass is 253 g/mol. The zero-order valence-electron chi connectivity index (χ0n) is 9.98. The highest BCUT2D eigenvalue weighted by molar-refractivity contribution is 6.30. The normalized spacial score (nSPS) is 26.1. The third-order valence-corrected chi connectivity index (χ3v) is 3.56. The van der Waals surface area contributed by atoms with Crippen molar-refractivity contribution >= 4 is 11.6 Å². The largest absolute Gasteiger partial charge is 0.329 e. The maximum atomic E-state index is 6.11. The number of benzene rings is 1. The minimum absolute atomic E-state index is 0.235. The smallest absolute Gasteiger partial charge is 0.0408 e. The van der Waals surface area contributed by atoms with Crippen LogP contribution in [-0.4, -0.2) is 37.1 Å². The minimum atomic E-state index is 0.235. The molecule has 1 aromatic carbocycles. The lowest BCUT2D eigenvalue weighted by Crippen LogP contribution is -2.47. The molecule has 94 valence electrons. The molecular weight excluding hydrogens is 234 g/mol. The van der Waals surface area contributed by atoms with Crippen molar-refractivity contribution in [2.45, 2.75) is 18.4 Å². The van der Waals surface area contributed by atoms with Gasteiger partial charge in [0.1, 0.15) is 0 Å². The van der Waals surface area contributed by atoms with Crippen LogP contribution in [0.15, 0.2) is 24.3 Å². The first kappa shape index (κ1) is 12.8. The zero-order chi connectivity index (χ0) is 12.3. The quantitative estimate of drug-likeness (QED) is 0.857. The van der Waals surface area contributed by atoms with E-state index in [-0.39, 0.29) is 6.04 Å². The lowest BCUT2D eigenvalue weighted by molar-refractivity contribution is 0.193. The van der Waals surface area contributed by atoms with Gasteiger partial charge < -0.3 is 11.5 Å². The predicted octanol–water partition coefficient (Wildman–Crippen LogP) is 1.42. The zero-order valence-corrected chi connectivity index (χ0v) is 10.7. The summed E-state index contributed by atoms with van der Waals surface area (Å²) in [4.78, 5) is 2.35. The molecule has 4 heteroatoms. The van der Waals surface area contributed by atoms with Crippen LogP contribution in [0.2, 0.25) is 5.02 Å². The molecule has 2 atom stereocenters. The summed E-state index contributed by atoms with van der Waals surface area (Å²) in [6.45, 7) is 3.60. The maximum Gasteiger partial charge on any atom is 0.0408 e. The fraction of sp³-hybridized carbons (Fsp3) is 0.538. The molecule has 0 amide bonds. The number of rotatable bonds is 3. The van der Waals surface area contributed by atoms with E-state index >= 15 is 0 Å². The van der Waals surface area contributed by atoms with Gasteiger partial charge in [0.25, 0.3) is 0 Å². The predicted molar refractivity (Wildman–Crippen MR) is 72.3 cm³/mol. The molecule has 1 heterocycles. The molecule has 2 rings (SSSR count). The van der Waals surface area contributed by atoms with Gasteiger partial charge in [0, 0.05) is 37.2 Å². The van der Waals surface area contributed by atoms with Crippen molar-refractivity contribution in [3.05, 3.63) is 34.9 Å². The molecule has 3 nitrogen and oxygen atoms in total. The lowest BCUT2D eigenvalue weighted by atomic mass is 9.88. The molecule has 1 fully saturated rings. The standard InChI is InChI=1S/C13H20ClN3/c14-12-3-1-2-10(6-12)11-7-13(16)9-17(8-11)5-4-15/h1-3,6,11,13H,4-5,7-9,15-16H2. The Balaban J connectivity index is 2.09. The van der Waals surface area contributed by atoms with E-state index in [1.54, 1.807) is 0 Å². The van der Waals surface area contributed by atoms with Crippen molar-refractivity contribution in [3.63, 3.8) is 0 Å². The highest BCUT2D eigenvalue weighted by Crippen LogP contribution is 2.27. The number of piperidine rings is 1. The molecule has 0 saturated carbocycles. The second kappa shape index (κ2) is 5.83. The van der Waals surface area contributed by atoms with E-state index in [9.17, 15) is 0 Å². The highest BCUT2D eigenvalue weighted by Gasteiger charge is 2.25. The average Bonchev–Trinajstić information content (AvgIpc) is 2.28. The Bertz CT molecular complexity index is 369. The van der Waals surface area contributed by atoms with E-state index in [2.05, 4.69) is 11.0 Å². The second-order valence-electron chi connectivity index (χ2n) is 4.80. The van der Waals surface area contributed by atoms with Gasteiger partial charge in [-0.15, -0.1) is 0 Å². The molecule has 1 saturated heterocycles. The van der Waals surface area contributed by atoms with Crippen molar-refractivity contribution in [2.24, 2.45) is 11.5 Å². The first-order valence-corrected chi connectivity index (χ1v) is 6.50. The molecule has 1 aromatic rings. The number of halogens is 1. The van der Waals surface area contributed by atoms with E-state index in [1.165, 1.54) is 5.56 Å². The summed E-state index contributed by atoms with van der Waals surface area (Å²) >= 11 is 6.03. The number of likely N-dealkylation sites (tertiary alicyclic amines) is 1. The van der Waals surface area contributed by atoms with Crippen molar-refractivity contribution in [1.29, 1.82) is 0 Å². The van der Waals surface area contributed by atoms with E-state index in [0.29, 0.717) is 12.5 Å². The summed E-state index contributed by atoms with van der Waals surface area (Å²) in [6, 6.07) is 8.33. The fourth-order valence-corrected chi connectivity index (χ4v) is 2.80. The molecule has 0 radical (unpaired) electrons. The second-order valence-corrected chi connectivity index (χ2v) is 5.23. The highest BCUT2D eigenvalue weighted by atomic mass is 35.5. The molecule has 2 unspecified atom stereocenters. The van der Waals surface area contributed by atoms with Gasteiger partial charge in [0.05, 0.1) is 0 Å². The summed E-state index contributed by atoms with van der Waals surface area (Å²) in [7, 11) is 0. The van der Waals surface area contributed by atoms with Crippen LogP contribution in [0, 0.1) is 0 Å². The SMILES string of the molecule is NCCN1CC(N)CC(c2cccc(Cl)c2)C1. The number of nitrogens with zero attached hydrogens (tertiary/aromatic N) is 1. The van der Waals surface area contributed by atoms with E-state index in [4.69, 9.17) is 23.1 Å². The Morgan fingerprint density at radius 3 is 2.88 bits per heavy atom. The fourth-order valence-electron chi connectivity index (χ4n) is 2.60. The third-order valence-electron chi connectivity index (χ3n) is 3.32. The summed E-state index contributed by atoms with van der Waals surface area (Å²) < 4.78 is 0. The van der Waals surface area contributed by atoms with Gasteiger partial charge in [-0.2, -0.15) is 0 Å². The average molecular weight is 254 g/mol. The molecule has 1 aliphatic heterocycles. The van der Waals surface area contributed by atoms with Crippen LogP contribution in [-0.2, 0) is 0 Å². The number of hydrogen-bond donors (Lipinski definition) is 2. The van der Waals surface area contributed by atoms with Crippen molar-refractivity contribution in [2.75, 3.05) is 26.2 Å². The maximum absolute atomic E-state index is 6.11. The van der Waals surface area contributed by atoms with Gasteiger partial charge in [0.15, 0.2) is 0 Å². The van der Waals surface area contributed by atoms with Crippen molar-refractivity contribution in [1.82, 2.24) is 4.90 Å². The molecular formula is C13H20ClN3.